The molecule has 1 aliphatic heterocycles. The van der Waals surface area contributed by atoms with Crippen LogP contribution in [-0.2, 0) is 25.3 Å². The summed E-state index contributed by atoms with van der Waals surface area (Å²) in [5.74, 6) is -2.19. The van der Waals surface area contributed by atoms with Gasteiger partial charge in [-0.3, -0.25) is 19.3 Å². The van der Waals surface area contributed by atoms with Crippen molar-refractivity contribution >= 4 is 29.1 Å². The topological polar surface area (TPSA) is 105 Å². The molecule has 190 valence electrons. The number of amides is 3. The molecule has 2 rings (SSSR count). The van der Waals surface area contributed by atoms with Crippen molar-refractivity contribution in [1.29, 1.82) is 0 Å². The second-order valence-electron chi connectivity index (χ2n) is 10.0. The Balaban J connectivity index is 2.38. The van der Waals surface area contributed by atoms with Crippen molar-refractivity contribution in [3.8, 4) is 0 Å². The molecule has 1 atom stereocenters. The molecule has 1 heterocycles. The van der Waals surface area contributed by atoms with Gasteiger partial charge >= 0.3 is 6.18 Å². The van der Waals surface area contributed by atoms with Crippen molar-refractivity contribution in [3.63, 3.8) is 0 Å². The minimum atomic E-state index is -4.78. The summed E-state index contributed by atoms with van der Waals surface area (Å²) in [6, 6.07) is 1.78. The molecular weight excluding hydrogens is 453 g/mol. The number of alkyl halides is 3. The number of benzene rings is 1. The van der Waals surface area contributed by atoms with Gasteiger partial charge < -0.3 is 20.7 Å². The number of halogens is 3. The van der Waals surface area contributed by atoms with E-state index in [0.717, 1.165) is 17.0 Å². The van der Waals surface area contributed by atoms with Crippen LogP contribution >= 0.6 is 0 Å². The lowest BCUT2D eigenvalue weighted by Crippen LogP contribution is -2.55. The first-order chi connectivity index (χ1) is 15.6. The lowest BCUT2D eigenvalue weighted by Gasteiger charge is -2.35. The van der Waals surface area contributed by atoms with E-state index in [1.165, 1.54) is 6.07 Å². The van der Waals surface area contributed by atoms with E-state index in [2.05, 4.69) is 5.32 Å². The molecule has 8 nitrogen and oxygen atoms in total. The van der Waals surface area contributed by atoms with Crippen molar-refractivity contribution in [2.45, 2.75) is 46.8 Å². The SMILES string of the molecule is CC(C)CN(CC(C)(C)C)[C@@H](C(N)=O)C(=O)Nc1ccc(N2CCOCC2=O)c(C(F)(F)F)c1. The van der Waals surface area contributed by atoms with Crippen molar-refractivity contribution < 1.29 is 32.3 Å². The Morgan fingerprint density at radius 1 is 1.24 bits per heavy atom. The molecule has 1 aromatic rings. The Hall–Kier alpha value is -2.66. The number of hydrogen-bond acceptors (Lipinski definition) is 5. The van der Waals surface area contributed by atoms with Gasteiger partial charge in [0.2, 0.25) is 5.91 Å². The van der Waals surface area contributed by atoms with Crippen LogP contribution < -0.4 is 16.0 Å². The van der Waals surface area contributed by atoms with Gasteiger partial charge in [-0.1, -0.05) is 34.6 Å². The maximum absolute atomic E-state index is 13.8. The molecule has 0 unspecified atom stereocenters. The van der Waals surface area contributed by atoms with Crippen LogP contribution in [0, 0.1) is 11.3 Å². The smallest absolute Gasteiger partial charge is 0.370 e. The summed E-state index contributed by atoms with van der Waals surface area (Å²) in [5, 5.41) is 2.41. The summed E-state index contributed by atoms with van der Waals surface area (Å²) >= 11 is 0. The number of rotatable bonds is 8. The minimum absolute atomic E-state index is 0.0195. The van der Waals surface area contributed by atoms with Crippen molar-refractivity contribution in [3.05, 3.63) is 23.8 Å². The average molecular weight is 487 g/mol. The van der Waals surface area contributed by atoms with Gasteiger partial charge in [-0.05, 0) is 29.5 Å². The van der Waals surface area contributed by atoms with E-state index in [4.69, 9.17) is 10.5 Å². The third kappa shape index (κ3) is 7.42. The van der Waals surface area contributed by atoms with Gasteiger partial charge in [-0.25, -0.2) is 0 Å². The van der Waals surface area contributed by atoms with Gasteiger partial charge in [0, 0.05) is 25.3 Å². The molecule has 1 saturated heterocycles. The molecule has 34 heavy (non-hydrogen) atoms. The third-order valence-electron chi connectivity index (χ3n) is 5.01. The third-order valence-corrected chi connectivity index (χ3v) is 5.01. The van der Waals surface area contributed by atoms with E-state index < -0.39 is 35.5 Å². The van der Waals surface area contributed by atoms with Crippen molar-refractivity contribution in [1.82, 2.24) is 4.90 Å². The lowest BCUT2D eigenvalue weighted by molar-refractivity contribution is -0.138. The summed E-state index contributed by atoms with van der Waals surface area (Å²) < 4.78 is 46.5. The zero-order valence-corrected chi connectivity index (χ0v) is 20.2. The van der Waals surface area contributed by atoms with Crippen molar-refractivity contribution in [2.75, 3.05) is 43.1 Å². The molecule has 3 amide bonds. The monoisotopic (exact) mass is 486 g/mol. The summed E-state index contributed by atoms with van der Waals surface area (Å²) in [5.41, 5.74) is 3.72. The first-order valence-corrected chi connectivity index (χ1v) is 11.0. The predicted molar refractivity (Wildman–Crippen MR) is 122 cm³/mol. The number of nitrogens with zero attached hydrogens (tertiary/aromatic N) is 2. The van der Waals surface area contributed by atoms with Crippen LogP contribution in [0.4, 0.5) is 24.5 Å². The summed E-state index contributed by atoms with van der Waals surface area (Å²) in [7, 11) is 0. The Kier molecular flexibility index (Phi) is 8.70. The fourth-order valence-electron chi connectivity index (χ4n) is 3.87. The van der Waals surface area contributed by atoms with E-state index in [1.54, 1.807) is 4.90 Å². The van der Waals surface area contributed by atoms with Crippen LogP contribution in [0.25, 0.3) is 0 Å². The molecule has 1 aromatic carbocycles. The second kappa shape index (κ2) is 10.7. The largest absolute Gasteiger partial charge is 0.418 e. The number of morpholine rings is 1. The predicted octanol–water partition coefficient (Wildman–Crippen LogP) is 2.87. The molecule has 0 radical (unpaired) electrons. The number of carbonyl (C=O) groups is 3. The Morgan fingerprint density at radius 3 is 2.38 bits per heavy atom. The zero-order chi connectivity index (χ0) is 25.8. The summed E-state index contributed by atoms with van der Waals surface area (Å²) in [6.45, 7) is 10.2. The molecule has 0 spiro atoms. The number of nitrogens with one attached hydrogen (secondary N) is 1. The fraction of sp³-hybridized carbons (Fsp3) is 0.609. The molecular formula is C23H33F3N4O4. The maximum atomic E-state index is 13.8. The first kappa shape index (κ1) is 27.6. The van der Waals surface area contributed by atoms with Gasteiger partial charge in [0.1, 0.15) is 6.61 Å². The van der Waals surface area contributed by atoms with E-state index in [-0.39, 0.29) is 42.5 Å². The van der Waals surface area contributed by atoms with Crippen LogP contribution in [0.5, 0.6) is 0 Å². The van der Waals surface area contributed by atoms with Gasteiger partial charge in [-0.2, -0.15) is 13.2 Å². The molecule has 0 aromatic heterocycles. The van der Waals surface area contributed by atoms with Crippen LogP contribution in [0.1, 0.15) is 40.2 Å². The van der Waals surface area contributed by atoms with E-state index in [1.807, 2.05) is 34.6 Å². The quantitative estimate of drug-likeness (QED) is 0.550. The Bertz CT molecular complexity index is 912. The maximum Gasteiger partial charge on any atom is 0.418 e. The van der Waals surface area contributed by atoms with Crippen LogP contribution in [-0.4, -0.2) is 61.5 Å². The Labute approximate surface area is 197 Å². The van der Waals surface area contributed by atoms with Gasteiger partial charge in [-0.15, -0.1) is 0 Å². The zero-order valence-electron chi connectivity index (χ0n) is 20.2. The molecule has 0 bridgehead atoms. The fourth-order valence-corrected chi connectivity index (χ4v) is 3.87. The van der Waals surface area contributed by atoms with E-state index in [9.17, 15) is 27.6 Å². The first-order valence-electron chi connectivity index (χ1n) is 11.0. The molecule has 1 aliphatic rings. The van der Waals surface area contributed by atoms with Crippen LogP contribution in [0.15, 0.2) is 18.2 Å². The lowest BCUT2D eigenvalue weighted by atomic mass is 9.94. The highest BCUT2D eigenvalue weighted by molar-refractivity contribution is 6.09. The minimum Gasteiger partial charge on any atom is -0.370 e. The molecule has 1 fully saturated rings. The van der Waals surface area contributed by atoms with Crippen molar-refractivity contribution in [2.24, 2.45) is 17.1 Å². The number of hydrogen-bond donors (Lipinski definition) is 2. The highest BCUT2D eigenvalue weighted by Crippen LogP contribution is 2.39. The molecule has 3 N–H and O–H groups in total. The summed E-state index contributed by atoms with van der Waals surface area (Å²) in [4.78, 5) is 40.0. The van der Waals surface area contributed by atoms with Gasteiger partial charge in [0.25, 0.3) is 11.8 Å². The van der Waals surface area contributed by atoms with E-state index in [0.29, 0.717) is 13.1 Å². The Morgan fingerprint density at radius 2 is 1.88 bits per heavy atom. The number of anilines is 2. The molecule has 0 saturated carbocycles. The van der Waals surface area contributed by atoms with Gasteiger partial charge in [0.15, 0.2) is 6.04 Å². The number of carbonyl (C=O) groups excluding carboxylic acids is 3. The van der Waals surface area contributed by atoms with Crippen LogP contribution in [0.2, 0.25) is 0 Å². The van der Waals surface area contributed by atoms with E-state index >= 15 is 0 Å². The van der Waals surface area contributed by atoms with Gasteiger partial charge in [0.05, 0.1) is 17.9 Å². The number of ether oxygens (including phenoxy) is 1. The highest BCUT2D eigenvalue weighted by Gasteiger charge is 2.38. The average Bonchev–Trinajstić information content (AvgIpc) is 2.65. The number of nitrogens with two attached hydrogens (primary N) is 1. The number of primary amides is 1. The normalized spacial score (nSPS) is 16.2. The summed E-state index contributed by atoms with van der Waals surface area (Å²) in [6.07, 6.45) is -4.78. The second-order valence-corrected chi connectivity index (χ2v) is 10.0. The molecule has 0 aliphatic carbocycles. The molecule has 11 heteroatoms. The highest BCUT2D eigenvalue weighted by atomic mass is 19.4. The van der Waals surface area contributed by atoms with Crippen LogP contribution in [0.3, 0.4) is 0 Å². The standard InChI is InChI=1S/C23H33F3N4O4/c1-14(2)11-29(13-22(3,4)5)19(20(27)32)21(33)28-15-6-7-17(16(10-15)23(24,25)26)30-8-9-34-12-18(30)31/h6-7,10,14,19H,8-9,11-13H2,1-5H3,(H2,27,32)(H,28,33)/t19-/m0/s1.